The summed E-state index contributed by atoms with van der Waals surface area (Å²) in [7, 11) is 0. The van der Waals surface area contributed by atoms with Gasteiger partial charge in [-0.25, -0.2) is 0 Å². The molecule has 0 amide bonds. The third kappa shape index (κ3) is 2.29. The maximum Gasteiger partial charge on any atom is 0.123 e. The highest BCUT2D eigenvalue weighted by Crippen LogP contribution is 2.30. The van der Waals surface area contributed by atoms with Crippen LogP contribution in [0.4, 0.5) is 0 Å². The zero-order valence-corrected chi connectivity index (χ0v) is 10.8. The minimum atomic E-state index is 0. The van der Waals surface area contributed by atoms with E-state index in [2.05, 4.69) is 16.7 Å². The molecule has 3 nitrogen and oxygen atoms in total. The van der Waals surface area contributed by atoms with E-state index in [9.17, 15) is 5.11 Å². The first-order valence-corrected chi connectivity index (χ1v) is 6.01. The largest absolute Gasteiger partial charge is 0.507 e. The lowest BCUT2D eigenvalue weighted by Crippen LogP contribution is -2.42. The first-order valence-electron chi connectivity index (χ1n) is 6.01. The number of phenols is 1. The van der Waals surface area contributed by atoms with Gasteiger partial charge < -0.3 is 15.7 Å². The topological polar surface area (TPSA) is 44.3 Å². The molecule has 2 aromatic rings. The molecule has 1 saturated heterocycles. The molecule has 0 aromatic heterocycles. The van der Waals surface area contributed by atoms with Crippen molar-refractivity contribution in [2.24, 2.45) is 0 Å². The Kier molecular flexibility index (Phi) is 4.07. The summed E-state index contributed by atoms with van der Waals surface area (Å²) in [5, 5.41) is 18.8. The number of fused-ring (bicyclic) bond motifs is 1. The molecule has 1 heterocycles. The van der Waals surface area contributed by atoms with Crippen molar-refractivity contribution in [1.29, 1.82) is 0 Å². The summed E-state index contributed by atoms with van der Waals surface area (Å²) in [5.41, 5.74) is 1.26. The van der Waals surface area contributed by atoms with Gasteiger partial charge in [0.05, 0.1) is 0 Å². The normalized spacial score (nSPS) is 19.4. The molecule has 1 atom stereocenters. The van der Waals surface area contributed by atoms with Crippen molar-refractivity contribution < 1.29 is 5.11 Å². The Balaban J connectivity index is 0.00000120. The van der Waals surface area contributed by atoms with Crippen LogP contribution in [0.5, 0.6) is 5.75 Å². The summed E-state index contributed by atoms with van der Waals surface area (Å²) >= 11 is 0. The average Bonchev–Trinajstić information content (AvgIpc) is 2.41. The Morgan fingerprint density at radius 2 is 1.78 bits per heavy atom. The van der Waals surface area contributed by atoms with Gasteiger partial charge in [-0.2, -0.15) is 0 Å². The number of nitrogens with one attached hydrogen (secondary N) is 2. The molecule has 3 N–H and O–H groups in total. The van der Waals surface area contributed by atoms with Crippen LogP contribution in [0.25, 0.3) is 10.8 Å². The second kappa shape index (κ2) is 5.57. The molecule has 1 aliphatic heterocycles. The predicted octanol–water partition coefficient (Wildman–Crippen LogP) is 2.20. The summed E-state index contributed by atoms with van der Waals surface area (Å²) in [4.78, 5) is 0. The fourth-order valence-corrected chi connectivity index (χ4v) is 2.48. The SMILES string of the molecule is Cl.Oc1ccc([C@@H]2CNCCN2)c2ccccc12. The molecule has 0 aliphatic carbocycles. The van der Waals surface area contributed by atoms with E-state index in [4.69, 9.17) is 0 Å². The van der Waals surface area contributed by atoms with Gasteiger partial charge in [0.1, 0.15) is 5.75 Å². The average molecular weight is 265 g/mol. The van der Waals surface area contributed by atoms with Crippen LogP contribution < -0.4 is 10.6 Å². The van der Waals surface area contributed by atoms with Gasteiger partial charge in [-0.05, 0) is 17.0 Å². The van der Waals surface area contributed by atoms with Crippen molar-refractivity contribution in [1.82, 2.24) is 10.6 Å². The lowest BCUT2D eigenvalue weighted by atomic mass is 9.97. The molecule has 96 valence electrons. The van der Waals surface area contributed by atoms with Crippen LogP contribution in [0.15, 0.2) is 36.4 Å². The zero-order valence-electron chi connectivity index (χ0n) is 10.0. The summed E-state index contributed by atoms with van der Waals surface area (Å²) < 4.78 is 0. The molecule has 18 heavy (non-hydrogen) atoms. The monoisotopic (exact) mass is 264 g/mol. The Morgan fingerprint density at radius 1 is 1.00 bits per heavy atom. The van der Waals surface area contributed by atoms with Crippen molar-refractivity contribution >= 4 is 23.2 Å². The number of phenolic OH excluding ortho intramolecular Hbond substituents is 1. The van der Waals surface area contributed by atoms with Crippen molar-refractivity contribution in [3.05, 3.63) is 42.0 Å². The van der Waals surface area contributed by atoms with E-state index in [1.54, 1.807) is 6.07 Å². The Labute approximate surface area is 113 Å². The molecule has 0 bridgehead atoms. The van der Waals surface area contributed by atoms with E-state index >= 15 is 0 Å². The van der Waals surface area contributed by atoms with E-state index in [0.717, 1.165) is 30.4 Å². The van der Waals surface area contributed by atoms with Gasteiger partial charge in [0.25, 0.3) is 0 Å². The summed E-state index contributed by atoms with van der Waals surface area (Å²) in [6, 6.07) is 12.1. The fraction of sp³-hybridized carbons (Fsp3) is 0.286. The van der Waals surface area contributed by atoms with Crippen molar-refractivity contribution in [3.63, 3.8) is 0 Å². The number of halogens is 1. The smallest absolute Gasteiger partial charge is 0.123 e. The van der Waals surface area contributed by atoms with Gasteiger partial charge in [0.2, 0.25) is 0 Å². The van der Waals surface area contributed by atoms with Crippen molar-refractivity contribution in [2.75, 3.05) is 19.6 Å². The van der Waals surface area contributed by atoms with Crippen molar-refractivity contribution in [2.45, 2.75) is 6.04 Å². The van der Waals surface area contributed by atoms with Crippen LogP contribution in [0.2, 0.25) is 0 Å². The number of aromatic hydroxyl groups is 1. The van der Waals surface area contributed by atoms with E-state index in [1.807, 2.05) is 24.3 Å². The number of hydrogen-bond acceptors (Lipinski definition) is 3. The first kappa shape index (κ1) is 13.1. The Morgan fingerprint density at radius 3 is 2.50 bits per heavy atom. The summed E-state index contributed by atoms with van der Waals surface area (Å²) in [5.74, 6) is 0.355. The quantitative estimate of drug-likeness (QED) is 0.740. The maximum atomic E-state index is 9.86. The molecule has 1 aliphatic rings. The van der Waals surface area contributed by atoms with Gasteiger partial charge in [-0.15, -0.1) is 12.4 Å². The number of benzene rings is 2. The third-order valence-electron chi connectivity index (χ3n) is 3.35. The van der Waals surface area contributed by atoms with E-state index in [-0.39, 0.29) is 12.4 Å². The van der Waals surface area contributed by atoms with Crippen molar-refractivity contribution in [3.8, 4) is 5.75 Å². The van der Waals surface area contributed by atoms with E-state index in [0.29, 0.717) is 11.8 Å². The molecule has 2 aromatic carbocycles. The standard InChI is InChI=1S/C14H16N2O.ClH/c17-14-6-5-11(13-9-15-7-8-16-13)10-3-1-2-4-12(10)14;/h1-6,13,15-17H,7-9H2;1H/t13-;/m0./s1. The van der Waals surface area contributed by atoms with Crippen LogP contribution in [0.3, 0.4) is 0 Å². The summed E-state index contributed by atoms with van der Waals surface area (Å²) in [6.45, 7) is 2.95. The van der Waals surface area contributed by atoms with Crippen LogP contribution in [0, 0.1) is 0 Å². The third-order valence-corrected chi connectivity index (χ3v) is 3.35. The van der Waals surface area contributed by atoms with E-state index < -0.39 is 0 Å². The molecule has 0 spiro atoms. The number of piperazine rings is 1. The molecular formula is C14H17ClN2O. The number of hydrogen-bond donors (Lipinski definition) is 3. The molecule has 0 unspecified atom stereocenters. The van der Waals surface area contributed by atoms with Crippen LogP contribution in [0.1, 0.15) is 11.6 Å². The second-order valence-electron chi connectivity index (χ2n) is 4.43. The minimum Gasteiger partial charge on any atom is -0.507 e. The minimum absolute atomic E-state index is 0. The molecule has 0 radical (unpaired) electrons. The molecule has 3 rings (SSSR count). The molecule has 0 saturated carbocycles. The van der Waals surface area contributed by atoms with Gasteiger partial charge >= 0.3 is 0 Å². The fourth-order valence-electron chi connectivity index (χ4n) is 2.48. The van der Waals surface area contributed by atoms with Gasteiger partial charge in [0.15, 0.2) is 0 Å². The van der Waals surface area contributed by atoms with Crippen LogP contribution >= 0.6 is 12.4 Å². The molecule has 4 heteroatoms. The number of rotatable bonds is 1. The van der Waals surface area contributed by atoms with Crippen LogP contribution in [-0.4, -0.2) is 24.7 Å². The molecular weight excluding hydrogens is 248 g/mol. The summed E-state index contributed by atoms with van der Waals surface area (Å²) in [6.07, 6.45) is 0. The van der Waals surface area contributed by atoms with Gasteiger partial charge in [0, 0.05) is 31.1 Å². The van der Waals surface area contributed by atoms with Crippen LogP contribution in [-0.2, 0) is 0 Å². The van der Waals surface area contributed by atoms with Gasteiger partial charge in [-0.3, -0.25) is 0 Å². The first-order chi connectivity index (χ1) is 8.36. The second-order valence-corrected chi connectivity index (χ2v) is 4.43. The van der Waals surface area contributed by atoms with E-state index in [1.165, 1.54) is 5.56 Å². The lowest BCUT2D eigenvalue weighted by Gasteiger charge is -2.26. The highest BCUT2D eigenvalue weighted by Gasteiger charge is 2.17. The highest BCUT2D eigenvalue weighted by molar-refractivity contribution is 5.91. The lowest BCUT2D eigenvalue weighted by molar-refractivity contribution is 0.431. The highest BCUT2D eigenvalue weighted by atomic mass is 35.5. The Hall–Kier alpha value is -1.29. The zero-order chi connectivity index (χ0) is 11.7. The van der Waals surface area contributed by atoms with Gasteiger partial charge in [-0.1, -0.05) is 30.3 Å². The Bertz CT molecular complexity index is 538. The maximum absolute atomic E-state index is 9.86. The predicted molar refractivity (Wildman–Crippen MR) is 76.5 cm³/mol. The molecule has 1 fully saturated rings.